The number of aromatic nitrogens is 1. The van der Waals surface area contributed by atoms with E-state index in [0.29, 0.717) is 17.0 Å². The summed E-state index contributed by atoms with van der Waals surface area (Å²) in [6, 6.07) is 1.38. The van der Waals surface area contributed by atoms with Gasteiger partial charge in [0.2, 0.25) is 0 Å². The number of nitrogens with zero attached hydrogens (tertiary/aromatic N) is 1. The highest BCUT2D eigenvalue weighted by molar-refractivity contribution is 5.41. The number of ether oxygens (including phenoxy) is 2. The molecular formula is C12H15F2NO2. The van der Waals surface area contributed by atoms with Crippen LogP contribution in [0, 0.1) is 6.92 Å². The lowest BCUT2D eigenvalue weighted by molar-refractivity contribution is 0.0494. The van der Waals surface area contributed by atoms with Crippen LogP contribution in [0.15, 0.2) is 6.07 Å². The molecule has 0 aromatic carbocycles. The van der Waals surface area contributed by atoms with E-state index in [1.54, 1.807) is 6.92 Å². The predicted molar refractivity (Wildman–Crippen MR) is 58.4 cm³/mol. The molecular weight excluding hydrogens is 228 g/mol. The van der Waals surface area contributed by atoms with Gasteiger partial charge in [-0.05, 0) is 31.4 Å². The SMILES string of the molecule is COCOc1c(C)cc(C(F)F)nc1C1CC1. The van der Waals surface area contributed by atoms with Gasteiger partial charge in [-0.3, -0.25) is 0 Å². The molecule has 0 bridgehead atoms. The van der Waals surface area contributed by atoms with E-state index in [2.05, 4.69) is 4.98 Å². The third kappa shape index (κ3) is 2.72. The highest BCUT2D eigenvalue weighted by Gasteiger charge is 2.30. The first-order valence-electron chi connectivity index (χ1n) is 5.54. The summed E-state index contributed by atoms with van der Waals surface area (Å²) in [4.78, 5) is 4.02. The first kappa shape index (κ1) is 12.2. The van der Waals surface area contributed by atoms with Gasteiger partial charge in [0, 0.05) is 13.0 Å². The first-order chi connectivity index (χ1) is 8.13. The van der Waals surface area contributed by atoms with E-state index >= 15 is 0 Å². The molecule has 1 heterocycles. The lowest BCUT2D eigenvalue weighted by Gasteiger charge is -2.14. The van der Waals surface area contributed by atoms with Crippen LogP contribution >= 0.6 is 0 Å². The van der Waals surface area contributed by atoms with Crippen molar-refractivity contribution in [3.05, 3.63) is 23.0 Å². The van der Waals surface area contributed by atoms with E-state index in [4.69, 9.17) is 9.47 Å². The molecule has 3 nitrogen and oxygen atoms in total. The van der Waals surface area contributed by atoms with Crippen LogP contribution in [0.1, 0.15) is 42.1 Å². The fraction of sp³-hybridized carbons (Fsp3) is 0.583. The maximum atomic E-state index is 12.7. The topological polar surface area (TPSA) is 31.4 Å². The van der Waals surface area contributed by atoms with Gasteiger partial charge in [0.25, 0.3) is 6.43 Å². The van der Waals surface area contributed by atoms with Gasteiger partial charge in [-0.25, -0.2) is 13.8 Å². The van der Waals surface area contributed by atoms with Crippen LogP contribution in [0.3, 0.4) is 0 Å². The molecule has 0 amide bonds. The molecule has 0 spiro atoms. The fourth-order valence-electron chi connectivity index (χ4n) is 1.76. The predicted octanol–water partition coefficient (Wildman–Crippen LogP) is 3.19. The molecule has 1 aliphatic rings. The number of methoxy groups -OCH3 is 1. The average Bonchev–Trinajstić information content (AvgIpc) is 3.10. The zero-order valence-electron chi connectivity index (χ0n) is 9.87. The van der Waals surface area contributed by atoms with Crippen molar-refractivity contribution in [3.8, 4) is 5.75 Å². The standard InChI is InChI=1S/C12H15F2NO2/c1-7-5-9(12(13)14)15-10(8-3-4-8)11(7)17-6-16-2/h5,8,12H,3-4,6H2,1-2H3. The van der Waals surface area contributed by atoms with E-state index in [1.165, 1.54) is 13.2 Å². The quantitative estimate of drug-likeness (QED) is 0.744. The summed E-state index contributed by atoms with van der Waals surface area (Å²) >= 11 is 0. The van der Waals surface area contributed by atoms with Crippen LogP contribution in [0.2, 0.25) is 0 Å². The summed E-state index contributed by atoms with van der Waals surface area (Å²) < 4.78 is 35.6. The Morgan fingerprint density at radius 2 is 2.18 bits per heavy atom. The van der Waals surface area contributed by atoms with Gasteiger partial charge < -0.3 is 9.47 Å². The smallest absolute Gasteiger partial charge is 0.280 e. The number of pyridine rings is 1. The normalized spacial score (nSPS) is 15.4. The van der Waals surface area contributed by atoms with Crippen molar-refractivity contribution in [2.24, 2.45) is 0 Å². The van der Waals surface area contributed by atoms with Crippen molar-refractivity contribution in [1.82, 2.24) is 4.98 Å². The molecule has 2 rings (SSSR count). The van der Waals surface area contributed by atoms with Crippen molar-refractivity contribution in [2.45, 2.75) is 32.1 Å². The van der Waals surface area contributed by atoms with Crippen molar-refractivity contribution < 1.29 is 18.3 Å². The van der Waals surface area contributed by atoms with Gasteiger partial charge in [-0.1, -0.05) is 0 Å². The van der Waals surface area contributed by atoms with Gasteiger partial charge in [0.15, 0.2) is 6.79 Å². The monoisotopic (exact) mass is 243 g/mol. The highest BCUT2D eigenvalue weighted by Crippen LogP contribution is 2.45. The molecule has 0 aliphatic heterocycles. The minimum Gasteiger partial charge on any atom is -0.465 e. The molecule has 1 aliphatic carbocycles. The Hall–Kier alpha value is -1.23. The number of hydrogen-bond donors (Lipinski definition) is 0. The minimum absolute atomic E-state index is 0.107. The highest BCUT2D eigenvalue weighted by atomic mass is 19.3. The second-order valence-corrected chi connectivity index (χ2v) is 4.20. The Bertz CT molecular complexity index is 406. The largest absolute Gasteiger partial charge is 0.465 e. The van der Waals surface area contributed by atoms with Crippen molar-refractivity contribution in [2.75, 3.05) is 13.9 Å². The van der Waals surface area contributed by atoms with Gasteiger partial charge >= 0.3 is 0 Å². The summed E-state index contributed by atoms with van der Waals surface area (Å²) in [7, 11) is 1.52. The number of halogens is 2. The molecule has 17 heavy (non-hydrogen) atoms. The third-order valence-corrected chi connectivity index (χ3v) is 2.71. The minimum atomic E-state index is -2.54. The van der Waals surface area contributed by atoms with Gasteiger partial charge in [-0.2, -0.15) is 0 Å². The Labute approximate surface area is 98.8 Å². The van der Waals surface area contributed by atoms with Crippen LogP contribution in [0.25, 0.3) is 0 Å². The van der Waals surface area contributed by atoms with E-state index in [9.17, 15) is 8.78 Å². The van der Waals surface area contributed by atoms with Crippen LogP contribution in [0.4, 0.5) is 8.78 Å². The third-order valence-electron chi connectivity index (χ3n) is 2.71. The molecule has 5 heteroatoms. The molecule has 0 saturated heterocycles. The maximum Gasteiger partial charge on any atom is 0.280 e. The molecule has 0 unspecified atom stereocenters. The maximum absolute atomic E-state index is 12.7. The Morgan fingerprint density at radius 3 is 2.71 bits per heavy atom. The van der Waals surface area contributed by atoms with E-state index in [0.717, 1.165) is 12.8 Å². The summed E-state index contributed by atoms with van der Waals surface area (Å²) in [6.07, 6.45) is -0.562. The Morgan fingerprint density at radius 1 is 1.47 bits per heavy atom. The first-order valence-corrected chi connectivity index (χ1v) is 5.54. The molecule has 1 fully saturated rings. The summed E-state index contributed by atoms with van der Waals surface area (Å²) in [5, 5.41) is 0. The second-order valence-electron chi connectivity index (χ2n) is 4.20. The lowest BCUT2D eigenvalue weighted by Crippen LogP contribution is -2.06. The van der Waals surface area contributed by atoms with Gasteiger partial charge in [-0.15, -0.1) is 0 Å². The Kier molecular flexibility index (Phi) is 3.57. The summed E-state index contributed by atoms with van der Waals surface area (Å²) in [5.41, 5.74) is 1.17. The number of rotatable bonds is 5. The molecule has 0 N–H and O–H groups in total. The van der Waals surface area contributed by atoms with Crippen LogP contribution < -0.4 is 4.74 Å². The van der Waals surface area contributed by atoms with E-state index in [-0.39, 0.29) is 18.4 Å². The van der Waals surface area contributed by atoms with Gasteiger partial charge in [0.05, 0.1) is 5.69 Å². The number of aryl methyl sites for hydroxylation is 1. The number of hydrogen-bond acceptors (Lipinski definition) is 3. The molecule has 1 aromatic heterocycles. The van der Waals surface area contributed by atoms with Crippen LogP contribution in [-0.2, 0) is 4.74 Å². The average molecular weight is 243 g/mol. The van der Waals surface area contributed by atoms with Crippen LogP contribution in [0.5, 0.6) is 5.75 Å². The molecule has 1 aromatic rings. The number of alkyl halides is 2. The summed E-state index contributed by atoms with van der Waals surface area (Å²) in [5.74, 6) is 0.859. The zero-order chi connectivity index (χ0) is 12.4. The van der Waals surface area contributed by atoms with Crippen molar-refractivity contribution >= 4 is 0 Å². The molecule has 1 saturated carbocycles. The van der Waals surface area contributed by atoms with Crippen molar-refractivity contribution in [3.63, 3.8) is 0 Å². The fourth-order valence-corrected chi connectivity index (χ4v) is 1.76. The summed E-state index contributed by atoms with van der Waals surface area (Å²) in [6.45, 7) is 1.86. The van der Waals surface area contributed by atoms with Crippen LogP contribution in [-0.4, -0.2) is 18.9 Å². The molecule has 0 atom stereocenters. The molecule has 94 valence electrons. The van der Waals surface area contributed by atoms with E-state index in [1.807, 2.05) is 0 Å². The Balaban J connectivity index is 2.35. The molecule has 0 radical (unpaired) electrons. The van der Waals surface area contributed by atoms with Gasteiger partial charge in [0.1, 0.15) is 11.4 Å². The lowest BCUT2D eigenvalue weighted by atomic mass is 10.1. The second kappa shape index (κ2) is 4.96. The van der Waals surface area contributed by atoms with Crippen molar-refractivity contribution in [1.29, 1.82) is 0 Å². The van der Waals surface area contributed by atoms with E-state index < -0.39 is 6.43 Å². The zero-order valence-corrected chi connectivity index (χ0v) is 9.87.